The van der Waals surface area contributed by atoms with Gasteiger partial charge in [0, 0.05) is 11.2 Å². The first-order valence-corrected chi connectivity index (χ1v) is 7.82. The normalized spacial score (nSPS) is 10.5. The molecule has 0 atom stereocenters. The van der Waals surface area contributed by atoms with Gasteiger partial charge in [-0.15, -0.1) is 0 Å². The number of thiocarbonyl (C=S) groups is 1. The molecule has 0 fully saturated rings. The highest BCUT2D eigenvalue weighted by atomic mass is 35.5. The van der Waals surface area contributed by atoms with Gasteiger partial charge < -0.3 is 15.1 Å². The molecule has 0 saturated carbocycles. The van der Waals surface area contributed by atoms with E-state index in [0.717, 1.165) is 22.0 Å². The number of halogens is 1. The number of hydrogen-bond acceptors (Lipinski definition) is 3. The van der Waals surface area contributed by atoms with Crippen LogP contribution in [-0.2, 0) is 13.1 Å². The number of furan rings is 1. The van der Waals surface area contributed by atoms with E-state index in [9.17, 15) is 0 Å². The number of benzene rings is 1. The highest BCUT2D eigenvalue weighted by Gasteiger charge is 2.03. The van der Waals surface area contributed by atoms with Crippen molar-refractivity contribution in [1.82, 2.24) is 15.1 Å². The minimum Gasteiger partial charge on any atom is -0.467 e. The molecule has 0 bridgehead atoms. The second-order valence-electron chi connectivity index (χ2n) is 4.94. The van der Waals surface area contributed by atoms with Crippen molar-refractivity contribution in [3.8, 4) is 0 Å². The average molecular weight is 347 g/mol. The Kier molecular flexibility index (Phi) is 4.95. The Bertz CT molecular complexity index is 785. The number of aromatic nitrogens is 2. The molecule has 0 amide bonds. The molecule has 2 N–H and O–H groups in total. The summed E-state index contributed by atoms with van der Waals surface area (Å²) in [6, 6.07) is 11.4. The molecule has 0 unspecified atom stereocenters. The summed E-state index contributed by atoms with van der Waals surface area (Å²) in [6.45, 7) is 1.18. The predicted octanol–water partition coefficient (Wildman–Crippen LogP) is 3.66. The van der Waals surface area contributed by atoms with Crippen LogP contribution in [0.5, 0.6) is 0 Å². The summed E-state index contributed by atoms with van der Waals surface area (Å²) in [7, 11) is 0. The quantitative estimate of drug-likeness (QED) is 0.690. The lowest BCUT2D eigenvalue weighted by Gasteiger charge is -2.07. The van der Waals surface area contributed by atoms with Crippen molar-refractivity contribution < 1.29 is 4.42 Å². The monoisotopic (exact) mass is 346 g/mol. The van der Waals surface area contributed by atoms with Crippen molar-refractivity contribution in [3.05, 3.63) is 71.4 Å². The highest BCUT2D eigenvalue weighted by molar-refractivity contribution is 7.80. The molecule has 3 aromatic rings. The molecule has 0 aliphatic carbocycles. The maximum atomic E-state index is 5.99. The van der Waals surface area contributed by atoms with Crippen LogP contribution in [0.15, 0.2) is 59.5 Å². The van der Waals surface area contributed by atoms with Gasteiger partial charge in [-0.2, -0.15) is 5.10 Å². The molecule has 5 nitrogen and oxygen atoms in total. The molecular formula is C16H15ClN4OS. The molecule has 2 aromatic heterocycles. The van der Waals surface area contributed by atoms with Crippen LogP contribution >= 0.6 is 23.8 Å². The van der Waals surface area contributed by atoms with Gasteiger partial charge in [-0.05, 0) is 42.0 Å². The van der Waals surface area contributed by atoms with E-state index < -0.39 is 0 Å². The predicted molar refractivity (Wildman–Crippen MR) is 94.5 cm³/mol. The van der Waals surface area contributed by atoms with Crippen LogP contribution in [0.25, 0.3) is 0 Å². The van der Waals surface area contributed by atoms with Crippen molar-refractivity contribution in [2.24, 2.45) is 0 Å². The van der Waals surface area contributed by atoms with Crippen LogP contribution in [0.1, 0.15) is 11.3 Å². The third-order valence-corrected chi connectivity index (χ3v) is 3.61. The maximum Gasteiger partial charge on any atom is 0.171 e. The van der Waals surface area contributed by atoms with E-state index in [-0.39, 0.29) is 0 Å². The van der Waals surface area contributed by atoms with Gasteiger partial charge in [-0.25, -0.2) is 0 Å². The van der Waals surface area contributed by atoms with Gasteiger partial charge in [0.25, 0.3) is 0 Å². The summed E-state index contributed by atoms with van der Waals surface area (Å²) >= 11 is 11.2. The fourth-order valence-electron chi connectivity index (χ4n) is 2.09. The number of rotatable bonds is 5. The molecular weight excluding hydrogens is 332 g/mol. The second kappa shape index (κ2) is 7.30. The van der Waals surface area contributed by atoms with Gasteiger partial charge in [0.2, 0.25) is 0 Å². The molecule has 0 spiro atoms. The average Bonchev–Trinajstić information content (AvgIpc) is 3.17. The van der Waals surface area contributed by atoms with E-state index in [1.54, 1.807) is 12.5 Å². The van der Waals surface area contributed by atoms with E-state index >= 15 is 0 Å². The van der Waals surface area contributed by atoms with Gasteiger partial charge in [-0.1, -0.05) is 23.7 Å². The number of hydrogen-bond donors (Lipinski definition) is 2. The minimum absolute atomic E-state index is 0.517. The van der Waals surface area contributed by atoms with Crippen LogP contribution in [0, 0.1) is 0 Å². The fourth-order valence-corrected chi connectivity index (χ4v) is 2.50. The van der Waals surface area contributed by atoms with Crippen molar-refractivity contribution >= 4 is 34.6 Å². The van der Waals surface area contributed by atoms with Crippen molar-refractivity contribution in [2.75, 3.05) is 5.32 Å². The van der Waals surface area contributed by atoms with E-state index in [2.05, 4.69) is 15.7 Å². The maximum absolute atomic E-state index is 5.99. The first kappa shape index (κ1) is 15.6. The lowest BCUT2D eigenvalue weighted by atomic mass is 10.2. The lowest BCUT2D eigenvalue weighted by molar-refractivity contribution is 0.503. The van der Waals surface area contributed by atoms with Gasteiger partial charge >= 0.3 is 0 Å². The Balaban J connectivity index is 1.53. The van der Waals surface area contributed by atoms with Crippen molar-refractivity contribution in [1.29, 1.82) is 0 Å². The van der Waals surface area contributed by atoms with Crippen LogP contribution in [0.3, 0.4) is 0 Å². The van der Waals surface area contributed by atoms with E-state index in [1.807, 2.05) is 47.3 Å². The minimum atomic E-state index is 0.517. The third kappa shape index (κ3) is 4.58. The van der Waals surface area contributed by atoms with E-state index in [0.29, 0.717) is 18.2 Å². The first-order chi connectivity index (χ1) is 11.2. The summed E-state index contributed by atoms with van der Waals surface area (Å²) in [5, 5.41) is 11.7. The molecule has 118 valence electrons. The standard InChI is InChI=1S/C16H15ClN4OS/c17-13-4-1-3-12(7-13)10-21-11-14(8-19-21)20-16(23)18-9-15-5-2-6-22-15/h1-8,11H,9-10H2,(H2,18,20,23). The Morgan fingerprint density at radius 1 is 1.30 bits per heavy atom. The van der Waals surface area contributed by atoms with Crippen LogP contribution in [0.4, 0.5) is 5.69 Å². The summed E-state index contributed by atoms with van der Waals surface area (Å²) in [4.78, 5) is 0. The Hall–Kier alpha value is -2.31. The number of nitrogens with one attached hydrogen (secondary N) is 2. The third-order valence-electron chi connectivity index (χ3n) is 3.13. The number of nitrogens with zero attached hydrogens (tertiary/aromatic N) is 2. The first-order valence-electron chi connectivity index (χ1n) is 7.03. The van der Waals surface area contributed by atoms with Crippen LogP contribution in [0.2, 0.25) is 5.02 Å². The Morgan fingerprint density at radius 3 is 3.00 bits per heavy atom. The SMILES string of the molecule is S=C(NCc1ccco1)Nc1cnn(Cc2cccc(Cl)c2)c1. The molecule has 1 aromatic carbocycles. The lowest BCUT2D eigenvalue weighted by Crippen LogP contribution is -2.27. The summed E-state index contributed by atoms with van der Waals surface area (Å²) in [5.74, 6) is 0.825. The summed E-state index contributed by atoms with van der Waals surface area (Å²) < 4.78 is 7.06. The van der Waals surface area contributed by atoms with E-state index in [4.69, 9.17) is 28.2 Å². The molecule has 2 heterocycles. The van der Waals surface area contributed by atoms with Gasteiger partial charge in [0.1, 0.15) is 5.76 Å². The zero-order chi connectivity index (χ0) is 16.1. The van der Waals surface area contributed by atoms with E-state index in [1.165, 1.54) is 0 Å². The molecule has 23 heavy (non-hydrogen) atoms. The second-order valence-corrected chi connectivity index (χ2v) is 5.79. The number of anilines is 1. The Labute approximate surface area is 144 Å². The van der Waals surface area contributed by atoms with Crippen LogP contribution in [-0.4, -0.2) is 14.9 Å². The molecule has 0 aliphatic rings. The molecule has 7 heteroatoms. The van der Waals surface area contributed by atoms with Gasteiger partial charge in [0.05, 0.1) is 31.2 Å². The van der Waals surface area contributed by atoms with Gasteiger partial charge in [-0.3, -0.25) is 4.68 Å². The molecule has 3 rings (SSSR count). The summed E-state index contributed by atoms with van der Waals surface area (Å²) in [5.41, 5.74) is 1.91. The summed E-state index contributed by atoms with van der Waals surface area (Å²) in [6.07, 6.45) is 5.25. The topological polar surface area (TPSA) is 55.0 Å². The highest BCUT2D eigenvalue weighted by Crippen LogP contribution is 2.13. The largest absolute Gasteiger partial charge is 0.467 e. The van der Waals surface area contributed by atoms with Crippen molar-refractivity contribution in [3.63, 3.8) is 0 Å². The Morgan fingerprint density at radius 2 is 2.22 bits per heavy atom. The van der Waals surface area contributed by atoms with Gasteiger partial charge in [0.15, 0.2) is 5.11 Å². The molecule has 0 aliphatic heterocycles. The molecule has 0 saturated heterocycles. The molecule has 0 radical (unpaired) electrons. The zero-order valence-corrected chi connectivity index (χ0v) is 13.8. The zero-order valence-electron chi connectivity index (χ0n) is 12.2. The van der Waals surface area contributed by atoms with Crippen molar-refractivity contribution in [2.45, 2.75) is 13.1 Å². The smallest absolute Gasteiger partial charge is 0.171 e. The van der Waals surface area contributed by atoms with Crippen LogP contribution < -0.4 is 10.6 Å². The fraction of sp³-hybridized carbons (Fsp3) is 0.125.